The molecule has 1 aromatic carbocycles. The van der Waals surface area contributed by atoms with Crippen molar-refractivity contribution < 1.29 is 9.53 Å². The molecule has 1 N–H and O–H groups in total. The highest BCUT2D eigenvalue weighted by atomic mass is 16.5. The Kier molecular flexibility index (Phi) is 4.99. The summed E-state index contributed by atoms with van der Waals surface area (Å²) in [7, 11) is 0. The van der Waals surface area contributed by atoms with Gasteiger partial charge in [-0.15, -0.1) is 0 Å². The molecule has 2 amide bonds. The summed E-state index contributed by atoms with van der Waals surface area (Å²) < 4.78 is 5.40. The quantitative estimate of drug-likeness (QED) is 0.899. The summed E-state index contributed by atoms with van der Waals surface area (Å²) in [5.41, 5.74) is 1.64. The molecule has 0 aromatic heterocycles. The van der Waals surface area contributed by atoms with Crippen LogP contribution in [0, 0.1) is 11.3 Å². The Morgan fingerprint density at radius 3 is 2.74 bits per heavy atom. The number of piperazine rings is 1. The monoisotopic (exact) mass is 314 g/mol. The lowest BCUT2D eigenvalue weighted by Crippen LogP contribution is -2.54. The summed E-state index contributed by atoms with van der Waals surface area (Å²) >= 11 is 0. The summed E-state index contributed by atoms with van der Waals surface area (Å²) in [4.78, 5) is 16.3. The minimum absolute atomic E-state index is 0.00582. The number of hydrogen-bond donors (Lipinski definition) is 1. The van der Waals surface area contributed by atoms with Gasteiger partial charge in [0.2, 0.25) is 0 Å². The van der Waals surface area contributed by atoms with Crippen LogP contribution in [0.4, 0.5) is 10.5 Å². The van der Waals surface area contributed by atoms with E-state index >= 15 is 0 Å². The van der Waals surface area contributed by atoms with Crippen LogP contribution in [0.5, 0.6) is 0 Å². The molecule has 0 saturated carbocycles. The van der Waals surface area contributed by atoms with Gasteiger partial charge in [0.1, 0.15) is 6.07 Å². The maximum absolute atomic E-state index is 12.3. The fraction of sp³-hybridized carbons (Fsp3) is 0.529. The summed E-state index contributed by atoms with van der Waals surface area (Å²) in [6.45, 7) is 4.23. The van der Waals surface area contributed by atoms with Gasteiger partial charge in [-0.3, -0.25) is 0 Å². The molecule has 1 aromatic rings. The van der Waals surface area contributed by atoms with E-state index < -0.39 is 0 Å². The van der Waals surface area contributed by atoms with Gasteiger partial charge >= 0.3 is 6.03 Å². The number of amides is 2. The van der Waals surface area contributed by atoms with Crippen molar-refractivity contribution in [1.29, 1.82) is 5.26 Å². The van der Waals surface area contributed by atoms with E-state index in [9.17, 15) is 10.1 Å². The van der Waals surface area contributed by atoms with E-state index in [1.54, 1.807) is 0 Å². The van der Waals surface area contributed by atoms with Gasteiger partial charge < -0.3 is 19.9 Å². The first-order valence-electron chi connectivity index (χ1n) is 8.15. The Labute approximate surface area is 136 Å². The van der Waals surface area contributed by atoms with Crippen molar-refractivity contribution in [2.24, 2.45) is 0 Å². The van der Waals surface area contributed by atoms with Crippen LogP contribution in [0.2, 0.25) is 0 Å². The highest BCUT2D eigenvalue weighted by Crippen LogP contribution is 2.21. The summed E-state index contributed by atoms with van der Waals surface area (Å²) in [6.07, 6.45) is 1.99. The zero-order chi connectivity index (χ0) is 16.1. The first kappa shape index (κ1) is 15.6. The van der Waals surface area contributed by atoms with Crippen LogP contribution in [0.1, 0.15) is 18.4 Å². The molecular formula is C17H22N4O2. The highest BCUT2D eigenvalue weighted by Gasteiger charge is 2.24. The van der Waals surface area contributed by atoms with Gasteiger partial charge in [0, 0.05) is 32.8 Å². The number of para-hydroxylation sites is 1. The van der Waals surface area contributed by atoms with Crippen LogP contribution >= 0.6 is 0 Å². The molecule has 23 heavy (non-hydrogen) atoms. The normalized spacial score (nSPS) is 21.6. The number of carbonyl (C=O) groups excluding carboxylic acids is 1. The number of nitrogens with zero attached hydrogens (tertiary/aromatic N) is 3. The molecule has 6 heteroatoms. The lowest BCUT2D eigenvalue weighted by molar-refractivity contribution is 0.0705. The molecule has 6 nitrogen and oxygen atoms in total. The van der Waals surface area contributed by atoms with E-state index in [1.807, 2.05) is 29.2 Å². The SMILES string of the molecule is N#Cc1ccccc1N1CCN(C(=O)N[C@H]2CCCOC2)CC1. The largest absolute Gasteiger partial charge is 0.379 e. The Hall–Kier alpha value is -2.26. The fourth-order valence-electron chi connectivity index (χ4n) is 3.11. The van der Waals surface area contributed by atoms with Crippen LogP contribution in [0.3, 0.4) is 0 Å². The van der Waals surface area contributed by atoms with E-state index in [0.717, 1.165) is 38.2 Å². The number of hydrogen-bond acceptors (Lipinski definition) is 4. The molecule has 2 saturated heterocycles. The number of ether oxygens (including phenoxy) is 1. The van der Waals surface area contributed by atoms with Crippen LogP contribution in [-0.2, 0) is 4.74 Å². The van der Waals surface area contributed by atoms with Crippen molar-refractivity contribution in [2.75, 3.05) is 44.3 Å². The molecule has 0 radical (unpaired) electrons. The lowest BCUT2D eigenvalue weighted by atomic mass is 10.1. The second-order valence-corrected chi connectivity index (χ2v) is 5.97. The smallest absolute Gasteiger partial charge is 0.317 e. The predicted molar refractivity (Wildman–Crippen MR) is 87.3 cm³/mol. The Balaban J connectivity index is 1.53. The maximum atomic E-state index is 12.3. The predicted octanol–water partition coefficient (Wildman–Crippen LogP) is 1.57. The lowest BCUT2D eigenvalue weighted by Gasteiger charge is -2.37. The van der Waals surface area contributed by atoms with Crippen LogP contribution in [-0.4, -0.2) is 56.4 Å². The summed E-state index contributed by atoms with van der Waals surface area (Å²) in [6, 6.07) is 9.97. The molecule has 3 rings (SSSR count). The van der Waals surface area contributed by atoms with Gasteiger partial charge in [-0.1, -0.05) is 12.1 Å². The second-order valence-electron chi connectivity index (χ2n) is 5.97. The van der Waals surface area contributed by atoms with Gasteiger partial charge in [-0.05, 0) is 25.0 Å². The zero-order valence-corrected chi connectivity index (χ0v) is 13.2. The molecule has 2 heterocycles. The third kappa shape index (κ3) is 3.74. The third-order valence-electron chi connectivity index (χ3n) is 4.42. The minimum atomic E-state index is -0.00582. The van der Waals surface area contributed by atoms with E-state index in [0.29, 0.717) is 25.3 Å². The first-order valence-corrected chi connectivity index (χ1v) is 8.15. The van der Waals surface area contributed by atoms with Gasteiger partial charge in [-0.25, -0.2) is 4.79 Å². The summed E-state index contributed by atoms with van der Waals surface area (Å²) in [5.74, 6) is 0. The fourth-order valence-corrected chi connectivity index (χ4v) is 3.11. The van der Waals surface area contributed by atoms with Gasteiger partial charge in [0.25, 0.3) is 0 Å². The standard InChI is InChI=1S/C17H22N4O2/c18-12-14-4-1-2-6-16(14)20-7-9-21(10-8-20)17(22)19-15-5-3-11-23-13-15/h1-2,4,6,15H,3,5,7-11,13H2,(H,19,22)/t15-/m0/s1. The number of rotatable bonds is 2. The van der Waals surface area contributed by atoms with Crippen molar-refractivity contribution in [3.8, 4) is 6.07 Å². The molecular weight excluding hydrogens is 292 g/mol. The number of urea groups is 1. The van der Waals surface area contributed by atoms with E-state index in [-0.39, 0.29) is 12.1 Å². The van der Waals surface area contributed by atoms with Crippen LogP contribution in [0.25, 0.3) is 0 Å². The Bertz CT molecular complexity index is 585. The Morgan fingerprint density at radius 2 is 2.04 bits per heavy atom. The van der Waals surface area contributed by atoms with E-state index in [2.05, 4.69) is 16.3 Å². The maximum Gasteiger partial charge on any atom is 0.317 e. The van der Waals surface area contributed by atoms with Crippen molar-refractivity contribution in [1.82, 2.24) is 10.2 Å². The molecule has 2 fully saturated rings. The topological polar surface area (TPSA) is 68.6 Å². The average Bonchev–Trinajstić information content (AvgIpc) is 2.62. The number of benzene rings is 1. The third-order valence-corrected chi connectivity index (χ3v) is 4.42. The zero-order valence-electron chi connectivity index (χ0n) is 13.2. The summed E-state index contributed by atoms with van der Waals surface area (Å²) in [5, 5.41) is 12.3. The Morgan fingerprint density at radius 1 is 1.26 bits per heavy atom. The van der Waals surface area contributed by atoms with Crippen molar-refractivity contribution in [2.45, 2.75) is 18.9 Å². The van der Waals surface area contributed by atoms with E-state index in [4.69, 9.17) is 4.74 Å². The second kappa shape index (κ2) is 7.34. The molecule has 122 valence electrons. The van der Waals surface area contributed by atoms with Gasteiger partial charge in [0.15, 0.2) is 0 Å². The first-order chi connectivity index (χ1) is 11.3. The molecule has 2 aliphatic heterocycles. The number of anilines is 1. The van der Waals surface area contributed by atoms with Crippen molar-refractivity contribution in [3.63, 3.8) is 0 Å². The number of nitrogens with one attached hydrogen (secondary N) is 1. The molecule has 0 unspecified atom stereocenters. The van der Waals surface area contributed by atoms with E-state index in [1.165, 1.54) is 0 Å². The number of nitriles is 1. The molecule has 0 aliphatic carbocycles. The van der Waals surface area contributed by atoms with Gasteiger partial charge in [0.05, 0.1) is 23.9 Å². The highest BCUT2D eigenvalue weighted by molar-refractivity contribution is 5.75. The number of carbonyl (C=O) groups is 1. The van der Waals surface area contributed by atoms with Crippen molar-refractivity contribution in [3.05, 3.63) is 29.8 Å². The van der Waals surface area contributed by atoms with Gasteiger partial charge in [-0.2, -0.15) is 5.26 Å². The van der Waals surface area contributed by atoms with Crippen LogP contribution < -0.4 is 10.2 Å². The molecule has 0 spiro atoms. The minimum Gasteiger partial charge on any atom is -0.379 e. The molecule has 2 aliphatic rings. The van der Waals surface area contributed by atoms with Crippen LogP contribution in [0.15, 0.2) is 24.3 Å². The molecule has 1 atom stereocenters. The average molecular weight is 314 g/mol. The van der Waals surface area contributed by atoms with Crippen molar-refractivity contribution >= 4 is 11.7 Å². The molecule has 0 bridgehead atoms.